The quantitative estimate of drug-likeness (QED) is 0.0676. The van der Waals surface area contributed by atoms with E-state index in [-0.39, 0.29) is 95.6 Å². The monoisotopic (exact) mass is 820 g/mol. The fourth-order valence-electron chi connectivity index (χ4n) is 6.65. The van der Waals surface area contributed by atoms with E-state index in [1.54, 1.807) is 82.7 Å². The van der Waals surface area contributed by atoms with Gasteiger partial charge in [-0.15, -0.1) is 0 Å². The van der Waals surface area contributed by atoms with Gasteiger partial charge < -0.3 is 43.8 Å². The zero-order valence-electron chi connectivity index (χ0n) is 33.4. The maximum atomic E-state index is 13.6. The van der Waals surface area contributed by atoms with E-state index in [1.165, 1.54) is 9.47 Å². The van der Waals surface area contributed by atoms with Gasteiger partial charge in [-0.3, -0.25) is 14.4 Å². The Morgan fingerprint density at radius 1 is 0.517 bits per heavy atom. The second-order valence-corrected chi connectivity index (χ2v) is 14.2. The summed E-state index contributed by atoms with van der Waals surface area (Å²) >= 11 is 0. The molecule has 0 saturated carbocycles. The minimum absolute atomic E-state index is 0.00819. The minimum atomic E-state index is -1.07. The summed E-state index contributed by atoms with van der Waals surface area (Å²) in [6.07, 6.45) is 10.5. The number of aliphatic carboxylic acids is 1. The molecule has 0 spiro atoms. The van der Waals surface area contributed by atoms with E-state index < -0.39 is 36.0 Å². The maximum Gasteiger partial charge on any atom is 0.329 e. The molecule has 5 aromatic rings. The Kier molecular flexibility index (Phi) is 17.3. The molecule has 2 aromatic carbocycles. The number of carbonyl (C=O) groups excluding carboxylic acids is 5. The van der Waals surface area contributed by atoms with Crippen molar-refractivity contribution in [2.24, 2.45) is 0 Å². The fraction of sp³-hybridized carbons (Fsp3) is 0.333. The third-order valence-electron chi connectivity index (χ3n) is 9.92. The van der Waals surface area contributed by atoms with Crippen LogP contribution in [0.2, 0.25) is 0 Å². The Hall–Kier alpha value is -6.90. The van der Waals surface area contributed by atoms with E-state index in [4.69, 9.17) is 9.47 Å². The Balaban J connectivity index is 1.13. The summed E-state index contributed by atoms with van der Waals surface area (Å²) in [6.45, 7) is 0.536. The van der Waals surface area contributed by atoms with Crippen molar-refractivity contribution in [1.82, 2.24) is 29.2 Å². The van der Waals surface area contributed by atoms with E-state index in [2.05, 4.69) is 10.6 Å². The Morgan fingerprint density at radius 3 is 1.27 bits per heavy atom. The van der Waals surface area contributed by atoms with Crippen LogP contribution in [0.15, 0.2) is 134 Å². The van der Waals surface area contributed by atoms with Crippen LogP contribution in [0.1, 0.15) is 67.8 Å². The molecule has 0 aliphatic heterocycles. The SMILES string of the molecule is O=C(CC[C@@H](C(=O)OCc1ccccc1)n1cccc1)NCCN(CCNC(=O)CC[C@@H](C(=O)OCc1ccccc1)n1cccc1)C(=O)CC[C@@H](C(=O)O)n1cccc1. The number of carboxylic acid groups (broad SMARTS) is 1. The number of esters is 2. The molecule has 0 unspecified atom stereocenters. The summed E-state index contributed by atoms with van der Waals surface area (Å²) in [5.41, 5.74) is 1.69. The van der Waals surface area contributed by atoms with Gasteiger partial charge in [-0.1, -0.05) is 60.7 Å². The van der Waals surface area contributed by atoms with E-state index >= 15 is 0 Å². The number of ether oxygens (including phenoxy) is 2. The van der Waals surface area contributed by atoms with E-state index in [0.717, 1.165) is 11.1 Å². The van der Waals surface area contributed by atoms with Gasteiger partial charge in [-0.05, 0) is 66.8 Å². The lowest BCUT2D eigenvalue weighted by Gasteiger charge is -2.24. The highest BCUT2D eigenvalue weighted by Gasteiger charge is 2.25. The summed E-state index contributed by atoms with van der Waals surface area (Å²) < 4.78 is 16.1. The molecule has 0 bridgehead atoms. The predicted molar refractivity (Wildman–Crippen MR) is 221 cm³/mol. The van der Waals surface area contributed by atoms with Gasteiger partial charge in [-0.2, -0.15) is 0 Å². The molecule has 3 heterocycles. The van der Waals surface area contributed by atoms with Crippen molar-refractivity contribution in [3.63, 3.8) is 0 Å². The van der Waals surface area contributed by atoms with E-state index in [1.807, 2.05) is 60.7 Å². The Labute approximate surface area is 348 Å². The average molecular weight is 821 g/mol. The Bertz CT molecular complexity index is 1960. The van der Waals surface area contributed by atoms with Gasteiger partial charge >= 0.3 is 17.9 Å². The second kappa shape index (κ2) is 23.5. The molecule has 3 atom stereocenters. The summed E-state index contributed by atoms with van der Waals surface area (Å²) in [6, 6.07) is 26.8. The summed E-state index contributed by atoms with van der Waals surface area (Å²) in [7, 11) is 0. The number of aromatic nitrogens is 3. The molecule has 0 aliphatic rings. The molecular formula is C45H52N6O9. The molecule has 5 rings (SSSR count). The number of nitrogens with zero attached hydrogens (tertiary/aromatic N) is 4. The van der Waals surface area contributed by atoms with Crippen LogP contribution in [-0.2, 0) is 51.5 Å². The molecule has 60 heavy (non-hydrogen) atoms. The van der Waals surface area contributed by atoms with Crippen LogP contribution in [0, 0.1) is 0 Å². The van der Waals surface area contributed by atoms with Crippen molar-refractivity contribution in [2.45, 2.75) is 69.9 Å². The lowest BCUT2D eigenvalue weighted by atomic mass is 10.1. The van der Waals surface area contributed by atoms with Crippen molar-refractivity contribution in [2.75, 3.05) is 26.2 Å². The molecule has 3 N–H and O–H groups in total. The first-order valence-corrected chi connectivity index (χ1v) is 20.0. The van der Waals surface area contributed by atoms with Crippen molar-refractivity contribution >= 4 is 35.6 Å². The standard InChI is InChI=1S/C45H52N6O9/c52-40(20-17-38(49-27-9-10-28-49)44(57)59-33-35-13-3-1-4-14-35)46-23-31-51(42(54)22-19-37(43(55)56)48-25-7-8-26-48)32-24-47-41(53)21-18-39(50-29-11-12-30-50)45(58)60-34-36-15-5-2-6-16-36/h1-16,25-30,37-39H,17-24,31-34H2,(H,46,52)(H,47,53)(H,55,56)/t37-,38-,39-/m0/s1. The van der Waals surface area contributed by atoms with Crippen LogP contribution in [0.25, 0.3) is 0 Å². The van der Waals surface area contributed by atoms with Gasteiger partial charge in [0.25, 0.3) is 0 Å². The van der Waals surface area contributed by atoms with Gasteiger partial charge in [0.05, 0.1) is 0 Å². The highest BCUT2D eigenvalue weighted by molar-refractivity contribution is 5.80. The normalized spacial score (nSPS) is 12.4. The van der Waals surface area contributed by atoms with Crippen LogP contribution in [0.4, 0.5) is 0 Å². The van der Waals surface area contributed by atoms with Crippen LogP contribution in [0.3, 0.4) is 0 Å². The fourth-order valence-corrected chi connectivity index (χ4v) is 6.65. The van der Waals surface area contributed by atoms with Gasteiger partial charge in [0.1, 0.15) is 31.3 Å². The molecule has 0 aliphatic carbocycles. The summed E-state index contributed by atoms with van der Waals surface area (Å²) in [5.74, 6) is -3.02. The van der Waals surface area contributed by atoms with Gasteiger partial charge in [0, 0.05) is 82.6 Å². The number of amides is 3. The van der Waals surface area contributed by atoms with Crippen LogP contribution >= 0.6 is 0 Å². The lowest BCUT2D eigenvalue weighted by molar-refractivity contribution is -0.150. The number of benzene rings is 2. The first kappa shape index (κ1) is 44.2. The minimum Gasteiger partial charge on any atom is -0.480 e. The smallest absolute Gasteiger partial charge is 0.329 e. The highest BCUT2D eigenvalue weighted by Crippen LogP contribution is 2.20. The number of nitrogens with one attached hydrogen (secondary N) is 2. The number of carbonyl (C=O) groups is 6. The van der Waals surface area contributed by atoms with Gasteiger partial charge in [0.2, 0.25) is 17.7 Å². The average Bonchev–Trinajstić information content (AvgIpc) is 4.09. The van der Waals surface area contributed by atoms with Gasteiger partial charge in [0.15, 0.2) is 0 Å². The molecule has 15 nitrogen and oxygen atoms in total. The molecule has 3 amide bonds. The first-order valence-electron chi connectivity index (χ1n) is 20.0. The van der Waals surface area contributed by atoms with Crippen molar-refractivity contribution in [3.05, 3.63) is 145 Å². The van der Waals surface area contributed by atoms with E-state index in [9.17, 15) is 33.9 Å². The number of carboxylic acids is 1. The van der Waals surface area contributed by atoms with Gasteiger partial charge in [-0.25, -0.2) is 14.4 Å². The number of rotatable bonds is 25. The number of hydrogen-bond donors (Lipinski definition) is 3. The first-order chi connectivity index (χ1) is 29.2. The lowest BCUT2D eigenvalue weighted by Crippen LogP contribution is -2.43. The second-order valence-electron chi connectivity index (χ2n) is 14.2. The topological polar surface area (TPSA) is 183 Å². The molecule has 0 saturated heterocycles. The van der Waals surface area contributed by atoms with Crippen molar-refractivity contribution in [3.8, 4) is 0 Å². The summed E-state index contributed by atoms with van der Waals surface area (Å²) in [5, 5.41) is 15.5. The third-order valence-corrected chi connectivity index (χ3v) is 9.92. The van der Waals surface area contributed by atoms with Crippen molar-refractivity contribution in [1.29, 1.82) is 0 Å². The predicted octanol–water partition coefficient (Wildman–Crippen LogP) is 5.09. The third kappa shape index (κ3) is 14.2. The Morgan fingerprint density at radius 2 is 0.883 bits per heavy atom. The van der Waals surface area contributed by atoms with Crippen LogP contribution in [-0.4, -0.2) is 85.5 Å². The van der Waals surface area contributed by atoms with Crippen LogP contribution < -0.4 is 10.6 Å². The molecule has 3 aromatic heterocycles. The van der Waals surface area contributed by atoms with E-state index in [0.29, 0.717) is 0 Å². The molecule has 0 radical (unpaired) electrons. The number of hydrogen-bond acceptors (Lipinski definition) is 8. The molecule has 15 heteroatoms. The zero-order chi connectivity index (χ0) is 42.5. The van der Waals surface area contributed by atoms with Crippen molar-refractivity contribution < 1.29 is 43.3 Å². The molecular weight excluding hydrogens is 769 g/mol. The summed E-state index contributed by atoms with van der Waals surface area (Å²) in [4.78, 5) is 79.3. The highest BCUT2D eigenvalue weighted by atomic mass is 16.5. The molecule has 316 valence electrons. The zero-order valence-corrected chi connectivity index (χ0v) is 33.4. The maximum absolute atomic E-state index is 13.6. The largest absolute Gasteiger partial charge is 0.480 e. The van der Waals surface area contributed by atoms with Crippen LogP contribution in [0.5, 0.6) is 0 Å². The molecule has 0 fully saturated rings.